The van der Waals surface area contributed by atoms with E-state index in [1.165, 1.54) is 0 Å². The number of para-hydroxylation sites is 1. The Morgan fingerprint density at radius 1 is 1.05 bits per heavy atom. The lowest BCUT2D eigenvalue weighted by Gasteiger charge is -2.07. The number of fused-ring (bicyclic) bond motifs is 1. The Morgan fingerprint density at radius 2 is 1.80 bits per heavy atom. The topological polar surface area (TPSA) is 42.2 Å². The van der Waals surface area contributed by atoms with Crippen molar-refractivity contribution in [3.8, 4) is 0 Å². The molecule has 0 atom stereocenters. The largest absolute Gasteiger partial charge is 0.421 e. The molecule has 3 nitrogen and oxygen atoms in total. The quantitative estimate of drug-likeness (QED) is 0.733. The smallest absolute Gasteiger partial charge is 0.359 e. The highest BCUT2D eigenvalue weighted by atomic mass is 79.9. The van der Waals surface area contributed by atoms with Gasteiger partial charge in [-0.25, -0.2) is 4.79 Å². The number of benzene rings is 2. The Hall–Kier alpha value is -2.07. The molecule has 3 rings (SSSR count). The van der Waals surface area contributed by atoms with Crippen LogP contribution in [0.1, 0.15) is 5.56 Å². The van der Waals surface area contributed by atoms with Gasteiger partial charge >= 0.3 is 5.63 Å². The highest BCUT2D eigenvalue weighted by Crippen LogP contribution is 2.18. The Labute approximate surface area is 124 Å². The van der Waals surface area contributed by atoms with Crippen molar-refractivity contribution in [3.63, 3.8) is 0 Å². The number of rotatable bonds is 3. The van der Waals surface area contributed by atoms with Crippen molar-refractivity contribution in [1.82, 2.24) is 0 Å². The first-order chi connectivity index (χ1) is 9.74. The predicted molar refractivity (Wildman–Crippen MR) is 84.0 cm³/mol. The van der Waals surface area contributed by atoms with E-state index in [1.54, 1.807) is 6.07 Å². The summed E-state index contributed by atoms with van der Waals surface area (Å²) in [5.74, 6) is 0. The van der Waals surface area contributed by atoms with Gasteiger partial charge in [0, 0.05) is 16.4 Å². The molecule has 0 saturated carbocycles. The molecule has 4 heteroatoms. The maximum absolute atomic E-state index is 11.9. The van der Waals surface area contributed by atoms with Gasteiger partial charge in [0.15, 0.2) is 0 Å². The van der Waals surface area contributed by atoms with Gasteiger partial charge in [0.1, 0.15) is 11.3 Å². The van der Waals surface area contributed by atoms with E-state index < -0.39 is 0 Å². The molecule has 0 saturated heterocycles. The summed E-state index contributed by atoms with van der Waals surface area (Å²) >= 11 is 3.49. The van der Waals surface area contributed by atoms with E-state index in [4.69, 9.17) is 4.42 Å². The summed E-state index contributed by atoms with van der Waals surface area (Å²) in [6, 6.07) is 17.2. The zero-order valence-corrected chi connectivity index (χ0v) is 12.2. The molecule has 100 valence electrons. The third-order valence-electron chi connectivity index (χ3n) is 3.07. The molecule has 0 amide bonds. The summed E-state index contributed by atoms with van der Waals surface area (Å²) in [6.45, 7) is 0.560. The van der Waals surface area contributed by atoms with Gasteiger partial charge in [-0.1, -0.05) is 52.3 Å². The number of hydrogen-bond donors (Lipinski definition) is 1. The highest BCUT2D eigenvalue weighted by molar-refractivity contribution is 9.10. The van der Waals surface area contributed by atoms with Gasteiger partial charge in [0.2, 0.25) is 0 Å². The molecule has 0 spiro atoms. The first-order valence-corrected chi connectivity index (χ1v) is 7.03. The van der Waals surface area contributed by atoms with Gasteiger partial charge < -0.3 is 9.73 Å². The molecule has 1 heterocycles. The fraction of sp³-hybridized carbons (Fsp3) is 0.0625. The summed E-state index contributed by atoms with van der Waals surface area (Å²) in [5, 5.41) is 4.03. The van der Waals surface area contributed by atoms with E-state index in [-0.39, 0.29) is 5.63 Å². The maximum atomic E-state index is 11.9. The summed E-state index contributed by atoms with van der Waals surface area (Å²) in [6.07, 6.45) is 0. The molecule has 0 aliphatic heterocycles. The van der Waals surface area contributed by atoms with Crippen LogP contribution in [0.15, 0.2) is 68.3 Å². The van der Waals surface area contributed by atoms with E-state index >= 15 is 0 Å². The maximum Gasteiger partial charge on any atom is 0.359 e. The minimum atomic E-state index is -0.351. The van der Waals surface area contributed by atoms with E-state index in [0.29, 0.717) is 17.8 Å². The zero-order valence-electron chi connectivity index (χ0n) is 10.6. The first-order valence-electron chi connectivity index (χ1n) is 6.24. The molecule has 0 bridgehead atoms. The average Bonchev–Trinajstić information content (AvgIpc) is 2.46. The van der Waals surface area contributed by atoms with E-state index in [1.807, 2.05) is 48.5 Å². The zero-order chi connectivity index (χ0) is 13.9. The van der Waals surface area contributed by atoms with Crippen LogP contribution in [-0.4, -0.2) is 0 Å². The fourth-order valence-electron chi connectivity index (χ4n) is 2.02. The molecule has 2 aromatic carbocycles. The fourth-order valence-corrected chi connectivity index (χ4v) is 2.44. The van der Waals surface area contributed by atoms with Crippen LogP contribution in [0.4, 0.5) is 5.69 Å². The van der Waals surface area contributed by atoms with Crippen LogP contribution in [0.2, 0.25) is 0 Å². The summed E-state index contributed by atoms with van der Waals surface area (Å²) in [7, 11) is 0. The average molecular weight is 330 g/mol. The van der Waals surface area contributed by atoms with Gasteiger partial charge in [0.05, 0.1) is 0 Å². The van der Waals surface area contributed by atoms with E-state index in [9.17, 15) is 4.79 Å². The van der Waals surface area contributed by atoms with Crippen molar-refractivity contribution in [2.75, 3.05) is 5.32 Å². The SMILES string of the molecule is O=c1oc2ccccc2cc1NCc1ccccc1Br. The van der Waals surface area contributed by atoms with E-state index in [0.717, 1.165) is 15.4 Å². The summed E-state index contributed by atoms with van der Waals surface area (Å²) in [5.41, 5.74) is 1.80. The molecule has 3 aromatic rings. The summed E-state index contributed by atoms with van der Waals surface area (Å²) < 4.78 is 6.29. The van der Waals surface area contributed by atoms with Crippen LogP contribution < -0.4 is 10.9 Å². The molecule has 1 N–H and O–H groups in total. The molecular formula is C16H12BrNO2. The molecule has 0 fully saturated rings. The standard InChI is InChI=1S/C16H12BrNO2/c17-13-7-3-1-6-12(13)10-18-14-9-11-5-2-4-8-15(11)20-16(14)19/h1-9,18H,10H2. The van der Waals surface area contributed by atoms with Gasteiger partial charge in [-0.15, -0.1) is 0 Å². The first kappa shape index (κ1) is 12.9. The second-order valence-corrected chi connectivity index (χ2v) is 5.28. The molecule has 20 heavy (non-hydrogen) atoms. The van der Waals surface area contributed by atoms with Crippen molar-refractivity contribution in [2.45, 2.75) is 6.54 Å². The Morgan fingerprint density at radius 3 is 2.65 bits per heavy atom. The highest BCUT2D eigenvalue weighted by Gasteiger charge is 2.05. The van der Waals surface area contributed by atoms with Crippen LogP contribution in [0.3, 0.4) is 0 Å². The molecule has 1 aromatic heterocycles. The van der Waals surface area contributed by atoms with E-state index in [2.05, 4.69) is 21.2 Å². The predicted octanol–water partition coefficient (Wildman–Crippen LogP) is 4.17. The van der Waals surface area contributed by atoms with Crippen molar-refractivity contribution in [3.05, 3.63) is 75.1 Å². The Balaban J connectivity index is 1.89. The Kier molecular flexibility index (Phi) is 3.56. The van der Waals surface area contributed by atoms with Gasteiger partial charge in [-0.05, 0) is 23.8 Å². The molecule has 0 unspecified atom stereocenters. The number of halogens is 1. The van der Waals surface area contributed by atoms with Gasteiger partial charge in [0.25, 0.3) is 0 Å². The second kappa shape index (κ2) is 5.51. The van der Waals surface area contributed by atoms with Crippen molar-refractivity contribution >= 4 is 32.6 Å². The van der Waals surface area contributed by atoms with Crippen LogP contribution in [-0.2, 0) is 6.54 Å². The van der Waals surface area contributed by atoms with Crippen molar-refractivity contribution in [1.29, 1.82) is 0 Å². The molecule has 0 aliphatic carbocycles. The van der Waals surface area contributed by atoms with Crippen LogP contribution in [0, 0.1) is 0 Å². The van der Waals surface area contributed by atoms with Gasteiger partial charge in [-0.3, -0.25) is 0 Å². The number of anilines is 1. The van der Waals surface area contributed by atoms with Crippen molar-refractivity contribution < 1.29 is 4.42 Å². The number of nitrogens with one attached hydrogen (secondary N) is 1. The number of hydrogen-bond acceptors (Lipinski definition) is 3. The van der Waals surface area contributed by atoms with Crippen LogP contribution in [0.25, 0.3) is 11.0 Å². The Bertz CT molecular complexity index is 811. The molecule has 0 aliphatic rings. The van der Waals surface area contributed by atoms with Crippen LogP contribution in [0.5, 0.6) is 0 Å². The third-order valence-corrected chi connectivity index (χ3v) is 3.84. The third kappa shape index (κ3) is 2.60. The van der Waals surface area contributed by atoms with Crippen molar-refractivity contribution in [2.24, 2.45) is 0 Å². The normalized spacial score (nSPS) is 10.7. The lowest BCUT2D eigenvalue weighted by atomic mass is 10.2. The monoisotopic (exact) mass is 329 g/mol. The van der Waals surface area contributed by atoms with Crippen LogP contribution >= 0.6 is 15.9 Å². The minimum absolute atomic E-state index is 0.351. The lowest BCUT2D eigenvalue weighted by Crippen LogP contribution is -2.10. The van der Waals surface area contributed by atoms with Gasteiger partial charge in [-0.2, -0.15) is 0 Å². The minimum Gasteiger partial charge on any atom is -0.421 e. The molecule has 0 radical (unpaired) electrons. The molecular weight excluding hydrogens is 318 g/mol. The second-order valence-electron chi connectivity index (χ2n) is 4.43. The lowest BCUT2D eigenvalue weighted by molar-refractivity contribution is 0.563. The summed E-state index contributed by atoms with van der Waals surface area (Å²) in [4.78, 5) is 11.9.